The second-order valence-corrected chi connectivity index (χ2v) is 6.19. The van der Waals surface area contributed by atoms with Gasteiger partial charge >= 0.3 is 0 Å². The molecule has 1 amide bonds. The van der Waals surface area contributed by atoms with Crippen LogP contribution in [0.5, 0.6) is 0 Å². The number of rotatable bonds is 3. The fraction of sp³-hybridized carbons (Fsp3) is 0.176. The van der Waals surface area contributed by atoms with Gasteiger partial charge in [-0.05, 0) is 17.7 Å². The quantitative estimate of drug-likeness (QED) is 0.886. The second kappa shape index (κ2) is 6.32. The first-order chi connectivity index (χ1) is 10.6. The number of hydrogen-bond acceptors (Lipinski definition) is 3. The molecule has 0 spiro atoms. The monoisotopic (exact) mass is 315 g/mol. The van der Waals surface area contributed by atoms with Crippen molar-refractivity contribution in [2.75, 3.05) is 5.75 Å². The van der Waals surface area contributed by atoms with Gasteiger partial charge in [-0.2, -0.15) is 0 Å². The molecule has 22 heavy (non-hydrogen) atoms. The third-order valence-electron chi connectivity index (χ3n) is 3.56. The number of ketones is 1. The van der Waals surface area contributed by atoms with Gasteiger partial charge in [-0.3, -0.25) is 9.59 Å². The van der Waals surface area contributed by atoms with Crippen LogP contribution in [0.15, 0.2) is 54.6 Å². The molecule has 1 fully saturated rings. The van der Waals surface area contributed by atoms with E-state index in [4.69, 9.17) is 0 Å². The van der Waals surface area contributed by atoms with Gasteiger partial charge in [-0.1, -0.05) is 42.5 Å². The standard InChI is InChI=1S/C17H14FNO2S/c18-13-8-6-11(7-9-13)15-17(22-10-14(20)19-15)16(21)12-4-2-1-3-5-12/h1-9,15,17H,10H2,(H,19,20)/t15-,17+/m0/s1. The lowest BCUT2D eigenvalue weighted by molar-refractivity contribution is -0.119. The topological polar surface area (TPSA) is 46.2 Å². The SMILES string of the molecule is O=C1CS[C@@H](C(=O)c2ccccc2)[C@H](c2ccc(F)cc2)N1. The minimum atomic E-state index is -0.445. The van der Waals surface area contributed by atoms with Crippen molar-refractivity contribution >= 4 is 23.5 Å². The van der Waals surface area contributed by atoms with Gasteiger partial charge in [0.05, 0.1) is 17.0 Å². The molecule has 112 valence electrons. The van der Waals surface area contributed by atoms with E-state index in [0.29, 0.717) is 5.56 Å². The highest BCUT2D eigenvalue weighted by Crippen LogP contribution is 2.33. The van der Waals surface area contributed by atoms with Crippen LogP contribution in [-0.4, -0.2) is 22.7 Å². The first kappa shape index (κ1) is 14.8. The Kier molecular flexibility index (Phi) is 4.24. The average molecular weight is 315 g/mol. The Balaban J connectivity index is 1.92. The molecule has 0 aliphatic carbocycles. The Bertz CT molecular complexity index is 688. The van der Waals surface area contributed by atoms with Crippen molar-refractivity contribution in [3.63, 3.8) is 0 Å². The molecule has 0 unspecified atom stereocenters. The van der Waals surface area contributed by atoms with Gasteiger partial charge in [0.1, 0.15) is 5.82 Å². The number of thioether (sulfide) groups is 1. The first-order valence-electron chi connectivity index (χ1n) is 6.91. The van der Waals surface area contributed by atoms with Crippen LogP contribution in [-0.2, 0) is 4.79 Å². The second-order valence-electron chi connectivity index (χ2n) is 5.06. The molecule has 2 aromatic carbocycles. The summed E-state index contributed by atoms with van der Waals surface area (Å²) in [5.41, 5.74) is 1.35. The van der Waals surface area contributed by atoms with E-state index >= 15 is 0 Å². The Morgan fingerprint density at radius 1 is 1.09 bits per heavy atom. The van der Waals surface area contributed by atoms with Gasteiger partial charge in [0, 0.05) is 5.56 Å². The van der Waals surface area contributed by atoms with Crippen LogP contribution in [0.4, 0.5) is 4.39 Å². The highest BCUT2D eigenvalue weighted by molar-refractivity contribution is 8.01. The van der Waals surface area contributed by atoms with E-state index < -0.39 is 11.3 Å². The number of nitrogens with one attached hydrogen (secondary N) is 1. The number of carbonyl (C=O) groups is 2. The molecule has 0 bridgehead atoms. The van der Waals surface area contributed by atoms with Crippen LogP contribution >= 0.6 is 11.8 Å². The van der Waals surface area contributed by atoms with Crippen LogP contribution in [0.3, 0.4) is 0 Å². The summed E-state index contributed by atoms with van der Waals surface area (Å²) in [6.07, 6.45) is 0. The largest absolute Gasteiger partial charge is 0.347 e. The molecule has 1 aliphatic rings. The number of hydrogen-bond donors (Lipinski definition) is 1. The number of halogens is 1. The molecule has 3 rings (SSSR count). The average Bonchev–Trinajstić information content (AvgIpc) is 2.56. The van der Waals surface area contributed by atoms with Crippen molar-refractivity contribution in [3.05, 3.63) is 71.5 Å². The lowest BCUT2D eigenvalue weighted by Gasteiger charge is -2.31. The van der Waals surface area contributed by atoms with Crippen molar-refractivity contribution in [1.29, 1.82) is 0 Å². The summed E-state index contributed by atoms with van der Waals surface area (Å²) in [6.45, 7) is 0. The molecule has 0 aromatic heterocycles. The van der Waals surface area contributed by atoms with Crippen molar-refractivity contribution in [2.24, 2.45) is 0 Å². The number of benzene rings is 2. The van der Waals surface area contributed by atoms with E-state index in [1.807, 2.05) is 18.2 Å². The van der Waals surface area contributed by atoms with Crippen LogP contribution < -0.4 is 5.32 Å². The fourth-order valence-electron chi connectivity index (χ4n) is 2.47. The Morgan fingerprint density at radius 3 is 2.45 bits per heavy atom. The molecule has 0 radical (unpaired) electrons. The number of amides is 1. The molecular weight excluding hydrogens is 301 g/mol. The maximum absolute atomic E-state index is 13.1. The van der Waals surface area contributed by atoms with Gasteiger partial charge in [-0.15, -0.1) is 11.8 Å². The lowest BCUT2D eigenvalue weighted by atomic mass is 9.97. The van der Waals surface area contributed by atoms with E-state index in [-0.39, 0.29) is 23.3 Å². The summed E-state index contributed by atoms with van der Waals surface area (Å²) in [5.74, 6) is -0.234. The lowest BCUT2D eigenvalue weighted by Crippen LogP contribution is -2.44. The summed E-state index contributed by atoms with van der Waals surface area (Å²) in [5, 5.41) is 2.44. The third kappa shape index (κ3) is 3.04. The van der Waals surface area contributed by atoms with Crippen LogP contribution in [0.2, 0.25) is 0 Å². The summed E-state index contributed by atoms with van der Waals surface area (Å²) in [6, 6.07) is 14.5. The maximum atomic E-state index is 13.1. The maximum Gasteiger partial charge on any atom is 0.230 e. The number of carbonyl (C=O) groups excluding carboxylic acids is 2. The number of Topliss-reactive ketones (excluding diaryl/α,β-unsaturated/α-hetero) is 1. The first-order valence-corrected chi connectivity index (χ1v) is 7.96. The molecular formula is C17H14FNO2S. The van der Waals surface area contributed by atoms with E-state index in [1.54, 1.807) is 24.3 Å². The normalized spacial score (nSPS) is 21.2. The zero-order valence-electron chi connectivity index (χ0n) is 11.7. The van der Waals surface area contributed by atoms with Crippen LogP contribution in [0.25, 0.3) is 0 Å². The summed E-state index contributed by atoms with van der Waals surface area (Å²) < 4.78 is 13.1. The van der Waals surface area contributed by atoms with Gasteiger partial charge in [0.2, 0.25) is 5.91 Å². The van der Waals surface area contributed by atoms with Crippen LogP contribution in [0, 0.1) is 5.82 Å². The zero-order chi connectivity index (χ0) is 15.5. The van der Waals surface area contributed by atoms with E-state index in [0.717, 1.165) is 5.56 Å². The van der Waals surface area contributed by atoms with Crippen molar-refractivity contribution in [1.82, 2.24) is 5.32 Å². The van der Waals surface area contributed by atoms with E-state index in [2.05, 4.69) is 5.32 Å². The third-order valence-corrected chi connectivity index (χ3v) is 4.83. The molecule has 1 heterocycles. The van der Waals surface area contributed by atoms with Crippen molar-refractivity contribution < 1.29 is 14.0 Å². The molecule has 3 nitrogen and oxygen atoms in total. The molecule has 2 atom stereocenters. The van der Waals surface area contributed by atoms with E-state index in [1.165, 1.54) is 23.9 Å². The van der Waals surface area contributed by atoms with Gasteiger partial charge in [0.15, 0.2) is 5.78 Å². The predicted octanol–water partition coefficient (Wildman–Crippen LogP) is 2.98. The Labute approximate surface area is 131 Å². The molecule has 1 aliphatic heterocycles. The van der Waals surface area contributed by atoms with Gasteiger partial charge < -0.3 is 5.32 Å². The minimum Gasteiger partial charge on any atom is -0.347 e. The summed E-state index contributed by atoms with van der Waals surface area (Å²) in [4.78, 5) is 24.4. The van der Waals surface area contributed by atoms with Crippen LogP contribution in [0.1, 0.15) is 22.0 Å². The molecule has 1 saturated heterocycles. The predicted molar refractivity (Wildman–Crippen MR) is 84.3 cm³/mol. The van der Waals surface area contributed by atoms with E-state index in [9.17, 15) is 14.0 Å². The van der Waals surface area contributed by atoms with Crippen molar-refractivity contribution in [3.8, 4) is 0 Å². The van der Waals surface area contributed by atoms with Gasteiger partial charge in [-0.25, -0.2) is 4.39 Å². The molecule has 0 saturated carbocycles. The molecule has 1 N–H and O–H groups in total. The Hall–Kier alpha value is -2.14. The fourth-order valence-corrected chi connectivity index (χ4v) is 3.59. The van der Waals surface area contributed by atoms with Crippen molar-refractivity contribution in [2.45, 2.75) is 11.3 Å². The highest BCUT2D eigenvalue weighted by atomic mass is 32.2. The molecule has 2 aromatic rings. The Morgan fingerprint density at radius 2 is 1.77 bits per heavy atom. The minimum absolute atomic E-state index is 0.0278. The zero-order valence-corrected chi connectivity index (χ0v) is 12.5. The smallest absolute Gasteiger partial charge is 0.230 e. The molecule has 5 heteroatoms. The highest BCUT2D eigenvalue weighted by Gasteiger charge is 2.35. The summed E-state index contributed by atoms with van der Waals surface area (Å²) >= 11 is 1.33. The summed E-state index contributed by atoms with van der Waals surface area (Å²) in [7, 11) is 0. The van der Waals surface area contributed by atoms with Gasteiger partial charge in [0.25, 0.3) is 0 Å².